The maximum Gasteiger partial charge on any atom is 0.573 e. The van der Waals surface area contributed by atoms with Crippen LogP contribution in [0.5, 0.6) is 11.5 Å². The van der Waals surface area contributed by atoms with E-state index in [0.29, 0.717) is 28.4 Å². The van der Waals surface area contributed by atoms with E-state index >= 15 is 0 Å². The highest BCUT2D eigenvalue weighted by Crippen LogP contribution is 2.28. The Morgan fingerprint density at radius 2 is 1.72 bits per heavy atom. The first kappa shape index (κ1) is 32.4. The fourth-order valence-corrected chi connectivity index (χ4v) is 5.65. The first-order valence-corrected chi connectivity index (χ1v) is 15.1. The summed E-state index contributed by atoms with van der Waals surface area (Å²) >= 11 is 1.38. The van der Waals surface area contributed by atoms with Crippen molar-refractivity contribution in [2.75, 3.05) is 7.11 Å². The van der Waals surface area contributed by atoms with Crippen molar-refractivity contribution < 1.29 is 27.4 Å². The predicted molar refractivity (Wildman–Crippen MR) is 170 cm³/mol. The molecule has 0 aliphatic heterocycles. The fourth-order valence-electron chi connectivity index (χ4n) is 4.79. The molecule has 2 amide bonds. The molecule has 13 heteroatoms. The van der Waals surface area contributed by atoms with Crippen LogP contribution in [0.2, 0.25) is 0 Å². The molecule has 2 aromatic heterocycles. The van der Waals surface area contributed by atoms with Gasteiger partial charge in [0.05, 0.1) is 18.5 Å². The summed E-state index contributed by atoms with van der Waals surface area (Å²) < 4.78 is 50.0. The third-order valence-corrected chi connectivity index (χ3v) is 7.90. The van der Waals surface area contributed by atoms with Crippen molar-refractivity contribution in [2.24, 2.45) is 9.98 Å². The zero-order valence-corrected chi connectivity index (χ0v) is 26.6. The SMILES string of the molecule is COc1ccc(-n2c(C)csc2=NC(=O)N=C(C)Cc2ccc(-c3ncn(-c4ccc(OC(F)(F)F)cc4)n3)cc2)c(C(C)C)c1. The summed E-state index contributed by atoms with van der Waals surface area (Å²) in [5.41, 5.74) is 5.78. The number of thiazole rings is 1. The summed E-state index contributed by atoms with van der Waals surface area (Å²) in [6.07, 6.45) is -2.84. The molecule has 0 saturated heterocycles. The highest BCUT2D eigenvalue weighted by Gasteiger charge is 2.31. The number of carbonyl (C=O) groups excluding carboxylic acids is 1. The van der Waals surface area contributed by atoms with E-state index in [1.807, 2.05) is 59.3 Å². The van der Waals surface area contributed by atoms with Gasteiger partial charge >= 0.3 is 12.4 Å². The second-order valence-electron chi connectivity index (χ2n) is 10.7. The molecule has 5 rings (SSSR count). The van der Waals surface area contributed by atoms with Crippen LogP contribution >= 0.6 is 11.3 Å². The standard InChI is InChI=1S/C33H31F3N6O3S/c1-20(2)28-17-27(44-5)14-15-29(28)42-22(4)18-46-32(42)39-31(43)38-21(3)16-23-6-8-24(9-7-23)30-37-19-41(40-30)25-10-12-26(13-11-25)45-33(34,35)36/h6-15,17-20H,16H2,1-5H3. The van der Waals surface area contributed by atoms with Crippen LogP contribution in [0, 0.1) is 6.92 Å². The number of aryl methyl sites for hydroxylation is 1. The van der Waals surface area contributed by atoms with Gasteiger partial charge in [0.1, 0.15) is 17.8 Å². The lowest BCUT2D eigenvalue weighted by Crippen LogP contribution is -2.18. The first-order chi connectivity index (χ1) is 21.9. The van der Waals surface area contributed by atoms with Crippen molar-refractivity contribution in [3.63, 3.8) is 0 Å². The van der Waals surface area contributed by atoms with Gasteiger partial charge < -0.3 is 9.47 Å². The van der Waals surface area contributed by atoms with Gasteiger partial charge in [-0.1, -0.05) is 38.1 Å². The Morgan fingerprint density at radius 3 is 2.37 bits per heavy atom. The van der Waals surface area contributed by atoms with Crippen molar-refractivity contribution in [3.8, 4) is 34.3 Å². The molecule has 0 N–H and O–H groups in total. The second-order valence-corrected chi connectivity index (χ2v) is 11.6. The summed E-state index contributed by atoms with van der Waals surface area (Å²) in [5, 5.41) is 6.39. The summed E-state index contributed by atoms with van der Waals surface area (Å²) in [4.78, 5) is 26.3. The topological polar surface area (TPSA) is 95.9 Å². The van der Waals surface area contributed by atoms with Crippen molar-refractivity contribution in [1.82, 2.24) is 19.3 Å². The average molecular weight is 649 g/mol. The number of methoxy groups -OCH3 is 1. The molecule has 46 heavy (non-hydrogen) atoms. The van der Waals surface area contributed by atoms with E-state index in [1.165, 1.54) is 46.6 Å². The summed E-state index contributed by atoms with van der Waals surface area (Å²) in [6.45, 7) is 7.97. The van der Waals surface area contributed by atoms with E-state index in [0.717, 1.165) is 33.8 Å². The first-order valence-electron chi connectivity index (χ1n) is 14.3. The highest BCUT2D eigenvalue weighted by atomic mass is 32.1. The molecule has 0 bridgehead atoms. The normalized spacial score (nSPS) is 12.5. The maximum atomic E-state index is 12.9. The lowest BCUT2D eigenvalue weighted by molar-refractivity contribution is -0.274. The Morgan fingerprint density at radius 1 is 1.02 bits per heavy atom. The Hall–Kier alpha value is -5.04. The van der Waals surface area contributed by atoms with Crippen molar-refractivity contribution >= 4 is 23.1 Å². The molecule has 0 saturated carbocycles. The van der Waals surface area contributed by atoms with Crippen LogP contribution in [-0.2, 0) is 6.42 Å². The van der Waals surface area contributed by atoms with Gasteiger partial charge in [0.25, 0.3) is 0 Å². The van der Waals surface area contributed by atoms with Crippen molar-refractivity contribution in [1.29, 1.82) is 0 Å². The number of amides is 2. The summed E-state index contributed by atoms with van der Waals surface area (Å²) in [7, 11) is 1.64. The van der Waals surface area contributed by atoms with Crippen molar-refractivity contribution in [3.05, 3.63) is 100 Å². The number of aromatic nitrogens is 4. The minimum Gasteiger partial charge on any atom is -0.497 e. The molecular formula is C33H31F3N6O3S. The van der Waals surface area contributed by atoms with Crippen LogP contribution in [-0.4, -0.2) is 44.5 Å². The average Bonchev–Trinajstić information content (AvgIpc) is 3.63. The monoisotopic (exact) mass is 648 g/mol. The lowest BCUT2D eigenvalue weighted by Gasteiger charge is -2.16. The van der Waals surface area contributed by atoms with Gasteiger partial charge in [-0.3, -0.25) is 4.57 Å². The number of rotatable bonds is 8. The Balaban J connectivity index is 1.28. The molecule has 0 unspecified atom stereocenters. The van der Waals surface area contributed by atoms with Gasteiger partial charge in [-0.2, -0.15) is 4.99 Å². The third-order valence-electron chi connectivity index (χ3n) is 6.95. The Bertz CT molecular complexity index is 1940. The van der Waals surface area contributed by atoms with Gasteiger partial charge in [0.2, 0.25) is 0 Å². The molecule has 2 heterocycles. The number of carbonyl (C=O) groups is 1. The van der Waals surface area contributed by atoms with E-state index in [4.69, 9.17) is 4.74 Å². The smallest absolute Gasteiger partial charge is 0.497 e. The Labute approximate surface area is 267 Å². The minimum absolute atomic E-state index is 0.223. The van der Waals surface area contributed by atoms with Crippen LogP contribution in [0.15, 0.2) is 88.4 Å². The molecular weight excluding hydrogens is 617 g/mol. The number of hydrogen-bond donors (Lipinski definition) is 0. The number of aliphatic imine (C=N–C) groups is 1. The third kappa shape index (κ3) is 7.78. The van der Waals surface area contributed by atoms with Crippen LogP contribution < -0.4 is 14.3 Å². The quantitative estimate of drug-likeness (QED) is 0.160. The molecule has 0 atom stereocenters. The van der Waals surface area contributed by atoms with Crippen LogP contribution in [0.25, 0.3) is 22.8 Å². The summed E-state index contributed by atoms with van der Waals surface area (Å²) in [5.74, 6) is 1.11. The van der Waals surface area contributed by atoms with Crippen LogP contribution in [0.1, 0.15) is 43.5 Å². The van der Waals surface area contributed by atoms with Gasteiger partial charge in [-0.05, 0) is 73.4 Å². The number of hydrogen-bond acceptors (Lipinski definition) is 6. The number of nitrogens with zero attached hydrogens (tertiary/aromatic N) is 6. The van der Waals surface area contributed by atoms with E-state index in [-0.39, 0.29) is 11.7 Å². The molecule has 9 nitrogen and oxygen atoms in total. The van der Waals surface area contributed by atoms with Crippen LogP contribution in [0.4, 0.5) is 18.0 Å². The minimum atomic E-state index is -4.76. The highest BCUT2D eigenvalue weighted by molar-refractivity contribution is 7.07. The molecule has 0 spiro atoms. The zero-order chi connectivity index (χ0) is 33.0. The van der Waals surface area contributed by atoms with E-state index in [1.54, 1.807) is 14.0 Å². The predicted octanol–water partition coefficient (Wildman–Crippen LogP) is 7.85. The number of alkyl halides is 3. The van der Waals surface area contributed by atoms with Gasteiger partial charge in [0, 0.05) is 28.8 Å². The largest absolute Gasteiger partial charge is 0.573 e. The van der Waals surface area contributed by atoms with Crippen LogP contribution in [0.3, 0.4) is 0 Å². The van der Waals surface area contributed by atoms with Gasteiger partial charge in [-0.25, -0.2) is 19.5 Å². The van der Waals surface area contributed by atoms with Crippen molar-refractivity contribution in [2.45, 2.75) is 46.4 Å². The Kier molecular flexibility index (Phi) is 9.52. The number of halogens is 3. The van der Waals surface area contributed by atoms with E-state index in [2.05, 4.69) is 38.7 Å². The number of urea groups is 1. The van der Waals surface area contributed by atoms with E-state index in [9.17, 15) is 18.0 Å². The molecule has 0 fully saturated rings. The summed E-state index contributed by atoms with van der Waals surface area (Å²) in [6, 6.07) is 18.1. The number of benzene rings is 3. The molecule has 3 aromatic carbocycles. The zero-order valence-electron chi connectivity index (χ0n) is 25.7. The molecule has 0 aliphatic carbocycles. The second kappa shape index (κ2) is 13.5. The molecule has 5 aromatic rings. The fraction of sp³-hybridized carbons (Fsp3) is 0.242. The number of ether oxygens (including phenoxy) is 2. The lowest BCUT2D eigenvalue weighted by atomic mass is 10.0. The van der Waals surface area contributed by atoms with Gasteiger partial charge in [0.15, 0.2) is 10.6 Å². The van der Waals surface area contributed by atoms with E-state index < -0.39 is 12.4 Å². The molecule has 0 radical (unpaired) electrons. The molecule has 0 aliphatic rings. The van der Waals surface area contributed by atoms with Gasteiger partial charge in [-0.15, -0.1) is 29.6 Å². The maximum absolute atomic E-state index is 12.9. The molecule has 238 valence electrons.